The molecular weight excluding hydrogens is 753 g/mol. The van der Waals surface area contributed by atoms with Gasteiger partial charge in [-0.2, -0.15) is 0 Å². The minimum Gasteiger partial charge on any atom is -0.305 e. The first kappa shape index (κ1) is 39.9. The molecule has 8 aromatic rings. The number of rotatable bonds is 9. The van der Waals surface area contributed by atoms with Gasteiger partial charge in [-0.3, -0.25) is 0 Å². The van der Waals surface area contributed by atoms with E-state index in [2.05, 4.69) is 52.0 Å². The number of para-hydroxylation sites is 2. The van der Waals surface area contributed by atoms with E-state index in [1.54, 1.807) is 15.9 Å². The first-order chi connectivity index (χ1) is 28.9. The van der Waals surface area contributed by atoms with Crippen LogP contribution in [0.1, 0.15) is 33.4 Å². The third kappa shape index (κ3) is 7.46. The Bertz CT molecular complexity index is 2610. The Morgan fingerprint density at radius 3 is 0.850 bits per heavy atom. The summed E-state index contributed by atoms with van der Waals surface area (Å²) < 4.78 is 64.8. The minimum atomic E-state index is -0.771. The molecule has 8 aromatic carbocycles. The fourth-order valence-electron chi connectivity index (χ4n) is 8.58. The Balaban J connectivity index is 1.40. The Morgan fingerprint density at radius 1 is 0.283 bits per heavy atom. The number of anilines is 6. The van der Waals surface area contributed by atoms with E-state index >= 15 is 17.6 Å². The molecule has 0 saturated heterocycles. The van der Waals surface area contributed by atoms with Crippen LogP contribution in [0, 0.1) is 64.8 Å². The van der Waals surface area contributed by atoms with Crippen molar-refractivity contribution in [3.8, 4) is 33.4 Å². The smallest absolute Gasteiger partial charge is 0.150 e. The van der Waals surface area contributed by atoms with Gasteiger partial charge in [-0.1, -0.05) is 91.0 Å². The van der Waals surface area contributed by atoms with Crippen molar-refractivity contribution >= 4 is 34.1 Å². The predicted molar refractivity (Wildman–Crippen MR) is 240 cm³/mol. The molecule has 0 bridgehead atoms. The summed E-state index contributed by atoms with van der Waals surface area (Å²) in [4.78, 5) is 3.08. The largest absolute Gasteiger partial charge is 0.305 e. The molecule has 0 amide bonds. The Morgan fingerprint density at radius 2 is 0.550 bits per heavy atom. The highest BCUT2D eigenvalue weighted by Gasteiger charge is 2.27. The molecule has 0 saturated carbocycles. The molecule has 0 N–H and O–H groups in total. The number of hydrogen-bond acceptors (Lipinski definition) is 2. The van der Waals surface area contributed by atoms with Gasteiger partial charge in [-0.15, -0.1) is 0 Å². The van der Waals surface area contributed by atoms with Crippen LogP contribution >= 0.6 is 0 Å². The lowest BCUT2D eigenvalue weighted by molar-refractivity contribution is 0.585. The SMILES string of the molecule is Cc1cccc(C)c1-c1ccc(N(c2cc(-c3c(C)cccc3C)cc(N(c3ccc(-c4c(C)cccc4C)cc3)c3c(F)cccc3F)c2)c2c(F)cccc2F)cc1. The molecule has 60 heavy (non-hydrogen) atoms. The molecule has 6 heteroatoms. The first-order valence-corrected chi connectivity index (χ1v) is 19.9. The van der Waals surface area contributed by atoms with Crippen molar-refractivity contribution in [3.05, 3.63) is 214 Å². The molecule has 0 fully saturated rings. The van der Waals surface area contributed by atoms with Crippen LogP contribution in [0.2, 0.25) is 0 Å². The molecule has 0 aliphatic rings. The number of nitrogens with zero attached hydrogens (tertiary/aromatic N) is 2. The Hall–Kier alpha value is -6.92. The maximum absolute atomic E-state index is 16.2. The van der Waals surface area contributed by atoms with Crippen molar-refractivity contribution in [3.63, 3.8) is 0 Å². The molecule has 2 nitrogen and oxygen atoms in total. The quantitative estimate of drug-likeness (QED) is 0.134. The average Bonchev–Trinajstić information content (AvgIpc) is 3.21. The molecule has 0 aliphatic heterocycles. The van der Waals surface area contributed by atoms with E-state index < -0.39 is 23.3 Å². The van der Waals surface area contributed by atoms with Crippen molar-refractivity contribution in [2.45, 2.75) is 41.5 Å². The normalized spacial score (nSPS) is 11.2. The lowest BCUT2D eigenvalue weighted by Gasteiger charge is -2.31. The van der Waals surface area contributed by atoms with E-state index in [1.165, 1.54) is 36.4 Å². The fourth-order valence-corrected chi connectivity index (χ4v) is 8.58. The number of halogens is 4. The second-order valence-corrected chi connectivity index (χ2v) is 15.4. The van der Waals surface area contributed by atoms with Gasteiger partial charge in [0.1, 0.15) is 34.6 Å². The maximum atomic E-state index is 16.2. The van der Waals surface area contributed by atoms with Gasteiger partial charge in [0.15, 0.2) is 0 Å². The van der Waals surface area contributed by atoms with E-state index in [0.717, 1.165) is 61.2 Å². The molecule has 298 valence electrons. The molecule has 0 aliphatic carbocycles. The highest BCUT2D eigenvalue weighted by atomic mass is 19.1. The molecule has 0 aromatic heterocycles. The van der Waals surface area contributed by atoms with Gasteiger partial charge in [0.05, 0.1) is 0 Å². The summed E-state index contributed by atoms with van der Waals surface area (Å²) in [5.74, 6) is -3.09. The van der Waals surface area contributed by atoms with Gasteiger partial charge in [0.25, 0.3) is 0 Å². The standard InChI is InChI=1S/C54H44F4N2/c1-33-12-7-13-34(2)50(33)39-22-26-42(27-23-39)59(53-46(55)18-10-19-47(53)56)44-30-41(52-37(5)16-9-17-38(52)6)31-45(32-44)60(54-48(57)20-11-21-49(54)58)43-28-24-40(25-29-43)51-35(3)14-8-15-36(51)4/h7-32H,1-6H3. The molecule has 0 heterocycles. The van der Waals surface area contributed by atoms with E-state index in [1.807, 2.05) is 105 Å². The highest BCUT2D eigenvalue weighted by Crippen LogP contribution is 2.47. The van der Waals surface area contributed by atoms with Gasteiger partial charge in [0.2, 0.25) is 0 Å². The van der Waals surface area contributed by atoms with Crippen LogP contribution in [-0.2, 0) is 0 Å². The van der Waals surface area contributed by atoms with Crippen molar-refractivity contribution in [1.82, 2.24) is 0 Å². The third-order valence-corrected chi connectivity index (χ3v) is 11.3. The summed E-state index contributed by atoms with van der Waals surface area (Å²) >= 11 is 0. The van der Waals surface area contributed by atoms with Gasteiger partial charge in [-0.05, 0) is 175 Å². The molecule has 0 radical (unpaired) electrons. The zero-order valence-electron chi connectivity index (χ0n) is 34.4. The van der Waals surface area contributed by atoms with Crippen molar-refractivity contribution in [1.29, 1.82) is 0 Å². The topological polar surface area (TPSA) is 6.48 Å². The zero-order valence-corrected chi connectivity index (χ0v) is 34.4. The van der Waals surface area contributed by atoms with E-state index in [0.29, 0.717) is 28.3 Å². The number of aryl methyl sites for hydroxylation is 6. The molecule has 0 spiro atoms. The maximum Gasteiger partial charge on any atom is 0.150 e. The Kier molecular flexibility index (Phi) is 10.9. The summed E-state index contributed by atoms with van der Waals surface area (Å²) in [5.41, 5.74) is 13.2. The van der Waals surface area contributed by atoms with Crippen LogP contribution in [0.25, 0.3) is 33.4 Å². The van der Waals surface area contributed by atoms with Crippen LogP contribution in [0.5, 0.6) is 0 Å². The van der Waals surface area contributed by atoms with Gasteiger partial charge in [0, 0.05) is 22.7 Å². The highest BCUT2D eigenvalue weighted by molar-refractivity contribution is 5.89. The summed E-state index contributed by atoms with van der Waals surface area (Å²) in [6.45, 7) is 12.2. The van der Waals surface area contributed by atoms with Crippen molar-refractivity contribution < 1.29 is 17.6 Å². The predicted octanol–water partition coefficient (Wildman–Crippen LogP) is 16.0. The van der Waals surface area contributed by atoms with E-state index in [4.69, 9.17) is 0 Å². The lowest BCUT2D eigenvalue weighted by atomic mass is 9.94. The van der Waals surface area contributed by atoms with Crippen LogP contribution in [0.15, 0.2) is 158 Å². The molecule has 0 atom stereocenters. The molecular formula is C54H44F4N2. The van der Waals surface area contributed by atoms with Gasteiger partial charge >= 0.3 is 0 Å². The van der Waals surface area contributed by atoms with Gasteiger partial charge in [-0.25, -0.2) is 17.6 Å². The monoisotopic (exact) mass is 796 g/mol. The molecule has 8 rings (SSSR count). The van der Waals surface area contributed by atoms with Gasteiger partial charge < -0.3 is 9.80 Å². The average molecular weight is 797 g/mol. The molecule has 0 unspecified atom stereocenters. The summed E-state index contributed by atoms with van der Waals surface area (Å²) in [6.07, 6.45) is 0. The van der Waals surface area contributed by atoms with Crippen LogP contribution < -0.4 is 9.80 Å². The third-order valence-electron chi connectivity index (χ3n) is 11.3. The Labute approximate surface area is 349 Å². The first-order valence-electron chi connectivity index (χ1n) is 19.9. The van der Waals surface area contributed by atoms with Crippen molar-refractivity contribution in [2.75, 3.05) is 9.80 Å². The second kappa shape index (κ2) is 16.4. The lowest BCUT2D eigenvalue weighted by Crippen LogP contribution is -2.17. The van der Waals surface area contributed by atoms with E-state index in [9.17, 15) is 0 Å². The van der Waals surface area contributed by atoms with Crippen LogP contribution in [0.4, 0.5) is 51.7 Å². The number of hydrogen-bond donors (Lipinski definition) is 0. The summed E-state index contributed by atoms with van der Waals surface area (Å²) in [7, 11) is 0. The second-order valence-electron chi connectivity index (χ2n) is 15.4. The zero-order chi connectivity index (χ0) is 42.2. The van der Waals surface area contributed by atoms with Crippen molar-refractivity contribution in [2.24, 2.45) is 0 Å². The minimum absolute atomic E-state index is 0.288. The van der Waals surface area contributed by atoms with E-state index in [-0.39, 0.29) is 11.4 Å². The van der Waals surface area contributed by atoms with Crippen LogP contribution in [-0.4, -0.2) is 0 Å². The summed E-state index contributed by atoms with van der Waals surface area (Å²) in [5, 5.41) is 0. The number of benzene rings is 8. The fraction of sp³-hybridized carbons (Fsp3) is 0.111. The van der Waals surface area contributed by atoms with Crippen LogP contribution in [0.3, 0.4) is 0 Å². The summed E-state index contributed by atoms with van der Waals surface area (Å²) in [6, 6.07) is 46.5.